The summed E-state index contributed by atoms with van der Waals surface area (Å²) < 4.78 is 5.49. The van der Waals surface area contributed by atoms with Crippen LogP contribution in [-0.2, 0) is 13.0 Å². The Kier molecular flexibility index (Phi) is 9.10. The average molecular weight is 536 g/mol. The summed E-state index contributed by atoms with van der Waals surface area (Å²) in [5, 5.41) is 8.66. The van der Waals surface area contributed by atoms with Crippen LogP contribution in [0.1, 0.15) is 23.2 Å². The molecule has 1 atom stereocenters. The number of benzene rings is 1. The highest BCUT2D eigenvalue weighted by Gasteiger charge is 2.25. The topological polar surface area (TPSA) is 61.8 Å². The number of thiazole rings is 1. The van der Waals surface area contributed by atoms with Gasteiger partial charge in [0.05, 0.1) is 19.3 Å². The van der Waals surface area contributed by atoms with Crippen molar-refractivity contribution in [3.8, 4) is 5.75 Å². The molecule has 1 aromatic heterocycles. The number of nitrogens with one attached hydrogen (secondary N) is 2. The lowest BCUT2D eigenvalue weighted by molar-refractivity contribution is 0.415. The van der Waals surface area contributed by atoms with E-state index in [0.29, 0.717) is 12.6 Å². The van der Waals surface area contributed by atoms with E-state index in [-0.39, 0.29) is 24.0 Å². The van der Waals surface area contributed by atoms with E-state index in [9.17, 15) is 0 Å². The summed E-state index contributed by atoms with van der Waals surface area (Å²) in [6.45, 7) is 4.64. The van der Waals surface area contributed by atoms with Gasteiger partial charge in [0.2, 0.25) is 0 Å². The molecule has 6 nitrogen and oxygen atoms in total. The molecule has 28 heavy (non-hydrogen) atoms. The number of aromatic nitrogens is 1. The molecule has 0 radical (unpaired) electrons. The summed E-state index contributed by atoms with van der Waals surface area (Å²) in [6, 6.07) is 6.04. The first kappa shape index (κ1) is 23.0. The van der Waals surface area contributed by atoms with Gasteiger partial charge in [-0.25, -0.2) is 4.98 Å². The van der Waals surface area contributed by atoms with E-state index < -0.39 is 0 Å². The monoisotopic (exact) mass is 535 g/mol. The molecule has 0 bridgehead atoms. The van der Waals surface area contributed by atoms with Crippen LogP contribution in [-0.4, -0.2) is 44.2 Å². The third-order valence-corrected chi connectivity index (χ3v) is 5.97. The van der Waals surface area contributed by atoms with Gasteiger partial charge in [-0.2, -0.15) is 0 Å². The minimum atomic E-state index is 0. The number of guanidine groups is 1. The van der Waals surface area contributed by atoms with Crippen molar-refractivity contribution in [1.82, 2.24) is 15.6 Å². The second kappa shape index (κ2) is 11.1. The Balaban J connectivity index is 0.00000280. The van der Waals surface area contributed by atoms with Crippen LogP contribution in [0.2, 0.25) is 5.02 Å². The van der Waals surface area contributed by atoms with Gasteiger partial charge >= 0.3 is 0 Å². The van der Waals surface area contributed by atoms with Crippen molar-refractivity contribution in [2.24, 2.45) is 4.99 Å². The number of nitrogens with zero attached hydrogens (tertiary/aromatic N) is 3. The lowest BCUT2D eigenvalue weighted by Gasteiger charge is -2.22. The second-order valence-corrected chi connectivity index (χ2v) is 8.03. The first-order valence-corrected chi connectivity index (χ1v) is 10.3. The van der Waals surface area contributed by atoms with Crippen LogP contribution in [0.3, 0.4) is 0 Å². The molecule has 0 saturated carbocycles. The molecule has 0 amide bonds. The number of anilines is 1. The molecular weight excluding hydrogens is 509 g/mol. The fourth-order valence-corrected chi connectivity index (χ4v) is 4.12. The minimum Gasteiger partial charge on any atom is -0.495 e. The zero-order valence-electron chi connectivity index (χ0n) is 16.4. The Morgan fingerprint density at radius 1 is 1.46 bits per heavy atom. The Labute approximate surface area is 192 Å². The molecule has 1 aromatic carbocycles. The van der Waals surface area contributed by atoms with Gasteiger partial charge in [0.15, 0.2) is 5.96 Å². The summed E-state index contributed by atoms with van der Waals surface area (Å²) in [5.41, 5.74) is 1.03. The maximum atomic E-state index is 6.18. The van der Waals surface area contributed by atoms with Crippen molar-refractivity contribution in [3.05, 3.63) is 39.3 Å². The van der Waals surface area contributed by atoms with Crippen molar-refractivity contribution in [2.75, 3.05) is 32.1 Å². The van der Waals surface area contributed by atoms with Gasteiger partial charge in [-0.15, -0.1) is 35.3 Å². The van der Waals surface area contributed by atoms with E-state index >= 15 is 0 Å². The van der Waals surface area contributed by atoms with Gasteiger partial charge in [0, 0.05) is 42.3 Å². The quantitative estimate of drug-likeness (QED) is 0.333. The highest BCUT2D eigenvalue weighted by atomic mass is 127. The molecule has 2 N–H and O–H groups in total. The van der Waals surface area contributed by atoms with Crippen LogP contribution in [0.4, 0.5) is 5.69 Å². The van der Waals surface area contributed by atoms with Crippen LogP contribution >= 0.6 is 46.9 Å². The minimum absolute atomic E-state index is 0. The van der Waals surface area contributed by atoms with Crippen molar-refractivity contribution in [1.29, 1.82) is 0 Å². The van der Waals surface area contributed by atoms with E-state index in [1.807, 2.05) is 24.4 Å². The highest BCUT2D eigenvalue weighted by molar-refractivity contribution is 14.0. The molecule has 3 rings (SSSR count). The predicted octanol–water partition coefficient (Wildman–Crippen LogP) is 3.93. The lowest BCUT2D eigenvalue weighted by atomic mass is 10.2. The van der Waals surface area contributed by atoms with Gasteiger partial charge in [0.1, 0.15) is 10.8 Å². The molecule has 1 aliphatic heterocycles. The zero-order valence-corrected chi connectivity index (χ0v) is 20.3. The second-order valence-electron chi connectivity index (χ2n) is 6.39. The molecule has 1 fully saturated rings. The average Bonchev–Trinajstić information content (AvgIpc) is 3.34. The molecule has 2 aromatic rings. The summed E-state index contributed by atoms with van der Waals surface area (Å²) >= 11 is 7.92. The van der Waals surface area contributed by atoms with E-state index in [0.717, 1.165) is 53.4 Å². The number of ether oxygens (including phenoxy) is 1. The summed E-state index contributed by atoms with van der Waals surface area (Å²) in [7, 11) is 3.48. The largest absolute Gasteiger partial charge is 0.495 e. The SMILES string of the molecule is CCc1cnc(CNC(=NC)NC2CCN(c3cc(Cl)ccc3OC)C2)s1.I. The maximum absolute atomic E-state index is 6.18. The first-order valence-electron chi connectivity index (χ1n) is 9.12. The smallest absolute Gasteiger partial charge is 0.191 e. The Bertz CT molecular complexity index is 800. The molecular formula is C19H27ClIN5OS. The van der Waals surface area contributed by atoms with Crippen molar-refractivity contribution < 1.29 is 4.74 Å². The molecule has 9 heteroatoms. The number of methoxy groups -OCH3 is 1. The van der Waals surface area contributed by atoms with Crippen molar-refractivity contribution in [2.45, 2.75) is 32.4 Å². The van der Waals surface area contributed by atoms with Crippen molar-refractivity contribution >= 4 is 58.6 Å². The lowest BCUT2D eigenvalue weighted by Crippen LogP contribution is -2.44. The molecule has 1 unspecified atom stereocenters. The van der Waals surface area contributed by atoms with Crippen LogP contribution in [0, 0.1) is 0 Å². The van der Waals surface area contributed by atoms with Gasteiger partial charge < -0.3 is 20.3 Å². The highest BCUT2D eigenvalue weighted by Crippen LogP contribution is 2.33. The van der Waals surface area contributed by atoms with Crippen LogP contribution in [0.5, 0.6) is 5.75 Å². The van der Waals surface area contributed by atoms with Crippen LogP contribution < -0.4 is 20.3 Å². The van der Waals surface area contributed by atoms with Gasteiger partial charge in [-0.3, -0.25) is 4.99 Å². The molecule has 0 spiro atoms. The van der Waals surface area contributed by atoms with E-state index in [1.165, 1.54) is 4.88 Å². The first-order chi connectivity index (χ1) is 13.1. The summed E-state index contributed by atoms with van der Waals surface area (Å²) in [5.74, 6) is 1.64. The Morgan fingerprint density at radius 3 is 2.96 bits per heavy atom. The van der Waals surface area contributed by atoms with Gasteiger partial charge in [0.25, 0.3) is 0 Å². The van der Waals surface area contributed by atoms with E-state index in [1.54, 1.807) is 25.5 Å². The number of rotatable bonds is 6. The maximum Gasteiger partial charge on any atom is 0.191 e. The normalized spacial score (nSPS) is 16.6. The van der Waals surface area contributed by atoms with Crippen molar-refractivity contribution in [3.63, 3.8) is 0 Å². The van der Waals surface area contributed by atoms with Crippen LogP contribution in [0.25, 0.3) is 0 Å². The fraction of sp³-hybridized carbons (Fsp3) is 0.474. The third-order valence-electron chi connectivity index (χ3n) is 4.59. The zero-order chi connectivity index (χ0) is 19.2. The van der Waals surface area contributed by atoms with E-state index in [2.05, 4.69) is 32.4 Å². The summed E-state index contributed by atoms with van der Waals surface area (Å²) in [6.07, 6.45) is 3.99. The molecule has 1 aliphatic rings. The number of halogens is 2. The fourth-order valence-electron chi connectivity index (χ4n) is 3.15. The Hall–Kier alpha value is -1.26. The summed E-state index contributed by atoms with van der Waals surface area (Å²) in [4.78, 5) is 12.4. The van der Waals surface area contributed by atoms with Crippen LogP contribution in [0.15, 0.2) is 29.4 Å². The molecule has 1 saturated heterocycles. The number of aryl methyl sites for hydroxylation is 1. The van der Waals surface area contributed by atoms with Gasteiger partial charge in [-0.05, 0) is 31.0 Å². The Morgan fingerprint density at radius 2 is 2.29 bits per heavy atom. The third kappa shape index (κ3) is 5.87. The number of aliphatic imine (C=N–C) groups is 1. The van der Waals surface area contributed by atoms with E-state index in [4.69, 9.17) is 16.3 Å². The predicted molar refractivity (Wildman–Crippen MR) is 129 cm³/mol. The molecule has 154 valence electrons. The van der Waals surface area contributed by atoms with Gasteiger partial charge in [-0.1, -0.05) is 18.5 Å². The molecule has 0 aliphatic carbocycles. The standard InChI is InChI=1S/C19H26ClN5OS.HI/c1-4-15-10-22-18(27-15)11-23-19(21-2)24-14-7-8-25(12-14)16-9-13(20)5-6-17(16)26-3;/h5-6,9-10,14H,4,7-8,11-12H2,1-3H3,(H2,21,23,24);1H. The molecule has 2 heterocycles. The number of hydrogen-bond donors (Lipinski definition) is 2. The number of hydrogen-bond acceptors (Lipinski definition) is 5.